The average Bonchev–Trinajstić information content (AvgIpc) is 3.26. The summed E-state index contributed by atoms with van der Waals surface area (Å²) in [6.07, 6.45) is 3.69. The molecule has 0 spiro atoms. The normalized spacial score (nSPS) is 16.2. The number of sulfonamides is 1. The van der Waals surface area contributed by atoms with Crippen LogP contribution in [0, 0.1) is 12.7 Å². The van der Waals surface area contributed by atoms with Gasteiger partial charge in [-0.3, -0.25) is 0 Å². The number of hydrogen-bond acceptors (Lipinski definition) is 2. The van der Waals surface area contributed by atoms with E-state index < -0.39 is 10.0 Å². The van der Waals surface area contributed by atoms with Crippen LogP contribution in [0.25, 0.3) is 10.9 Å². The van der Waals surface area contributed by atoms with Gasteiger partial charge in [-0.25, -0.2) is 17.5 Å². The predicted molar refractivity (Wildman–Crippen MR) is 95.5 cm³/mol. The highest BCUT2D eigenvalue weighted by Gasteiger charge is 2.46. The van der Waals surface area contributed by atoms with Gasteiger partial charge >= 0.3 is 0 Å². The van der Waals surface area contributed by atoms with E-state index in [1.807, 2.05) is 13.1 Å². The van der Waals surface area contributed by atoms with E-state index in [0.29, 0.717) is 6.54 Å². The van der Waals surface area contributed by atoms with Crippen molar-refractivity contribution < 1.29 is 12.8 Å². The maximum atomic E-state index is 13.4. The molecule has 0 bridgehead atoms. The summed E-state index contributed by atoms with van der Waals surface area (Å²) in [5.41, 5.74) is 2.59. The fourth-order valence-electron chi connectivity index (χ4n) is 3.26. The van der Waals surface area contributed by atoms with Gasteiger partial charge in [-0.2, -0.15) is 0 Å². The molecule has 1 aromatic heterocycles. The van der Waals surface area contributed by atoms with Crippen molar-refractivity contribution in [2.75, 3.05) is 6.54 Å². The van der Waals surface area contributed by atoms with Crippen molar-refractivity contribution in [2.45, 2.75) is 30.1 Å². The van der Waals surface area contributed by atoms with Crippen LogP contribution in [0.4, 0.5) is 4.39 Å². The number of aromatic nitrogens is 1. The highest BCUT2D eigenvalue weighted by molar-refractivity contribution is 7.89. The molecule has 1 saturated carbocycles. The number of hydrogen-bond donors (Lipinski definition) is 2. The lowest BCUT2D eigenvalue weighted by Gasteiger charge is -2.16. The molecule has 0 atom stereocenters. The van der Waals surface area contributed by atoms with Crippen LogP contribution in [-0.2, 0) is 15.4 Å². The fourth-order valence-corrected chi connectivity index (χ4v) is 4.39. The molecule has 0 radical (unpaired) electrons. The van der Waals surface area contributed by atoms with Crippen LogP contribution < -0.4 is 4.72 Å². The standard InChI is InChI=1S/C19H19FN2O2S/c1-13-2-5-15(6-3-13)25(23,24)22-12-19(8-9-19)17-11-21-18-10-14(20)4-7-16(17)18/h2-7,10-11,21-22H,8-9,12H2,1H3. The van der Waals surface area contributed by atoms with Crippen LogP contribution in [0.3, 0.4) is 0 Å². The molecule has 130 valence electrons. The molecule has 0 amide bonds. The van der Waals surface area contributed by atoms with Crippen molar-refractivity contribution in [3.63, 3.8) is 0 Å². The molecule has 2 aromatic carbocycles. The van der Waals surface area contributed by atoms with Crippen molar-refractivity contribution in [3.8, 4) is 0 Å². The molecular formula is C19H19FN2O2S. The first-order chi connectivity index (χ1) is 11.9. The Morgan fingerprint density at radius 2 is 1.88 bits per heavy atom. The largest absolute Gasteiger partial charge is 0.361 e. The van der Waals surface area contributed by atoms with Crippen molar-refractivity contribution in [1.82, 2.24) is 9.71 Å². The Labute approximate surface area is 146 Å². The molecule has 0 unspecified atom stereocenters. The minimum atomic E-state index is -3.54. The van der Waals surface area contributed by atoms with Crippen LogP contribution >= 0.6 is 0 Å². The Morgan fingerprint density at radius 1 is 1.16 bits per heavy atom. The smallest absolute Gasteiger partial charge is 0.240 e. The third-order valence-corrected chi connectivity index (χ3v) is 6.42. The zero-order valence-corrected chi connectivity index (χ0v) is 14.7. The van der Waals surface area contributed by atoms with Crippen LogP contribution in [0.5, 0.6) is 0 Å². The average molecular weight is 358 g/mol. The van der Waals surface area contributed by atoms with Crippen LogP contribution in [0.2, 0.25) is 0 Å². The van der Waals surface area contributed by atoms with Crippen molar-refractivity contribution in [3.05, 3.63) is 65.6 Å². The second-order valence-electron chi connectivity index (χ2n) is 6.81. The number of aromatic amines is 1. The zero-order valence-electron chi connectivity index (χ0n) is 13.8. The molecule has 4 nitrogen and oxygen atoms in total. The number of benzene rings is 2. The summed E-state index contributed by atoms with van der Waals surface area (Å²) in [5, 5.41) is 0.952. The second-order valence-corrected chi connectivity index (χ2v) is 8.58. The van der Waals surface area contributed by atoms with Crippen molar-refractivity contribution in [1.29, 1.82) is 0 Å². The number of halogens is 1. The van der Waals surface area contributed by atoms with Gasteiger partial charge in [0.2, 0.25) is 10.0 Å². The number of rotatable bonds is 5. The Balaban J connectivity index is 1.58. The van der Waals surface area contributed by atoms with Gasteiger partial charge in [0.25, 0.3) is 0 Å². The lowest BCUT2D eigenvalue weighted by Crippen LogP contribution is -2.32. The van der Waals surface area contributed by atoms with Crippen molar-refractivity contribution >= 4 is 20.9 Å². The van der Waals surface area contributed by atoms with E-state index in [9.17, 15) is 12.8 Å². The van der Waals surface area contributed by atoms with E-state index in [-0.39, 0.29) is 16.1 Å². The van der Waals surface area contributed by atoms with Gasteiger partial charge in [-0.15, -0.1) is 0 Å². The summed E-state index contributed by atoms with van der Waals surface area (Å²) in [7, 11) is -3.54. The molecule has 1 fully saturated rings. The summed E-state index contributed by atoms with van der Waals surface area (Å²) in [4.78, 5) is 3.37. The molecule has 6 heteroatoms. The summed E-state index contributed by atoms with van der Waals surface area (Å²) in [6, 6.07) is 11.5. The molecule has 1 aliphatic rings. The molecule has 2 N–H and O–H groups in total. The van der Waals surface area contributed by atoms with Gasteiger partial charge in [-0.1, -0.05) is 17.7 Å². The third kappa shape index (κ3) is 2.96. The van der Waals surface area contributed by atoms with E-state index in [2.05, 4.69) is 9.71 Å². The van der Waals surface area contributed by atoms with Gasteiger partial charge in [0.15, 0.2) is 0 Å². The minimum Gasteiger partial charge on any atom is -0.361 e. The monoisotopic (exact) mass is 358 g/mol. The first kappa shape index (κ1) is 16.3. The fraction of sp³-hybridized carbons (Fsp3) is 0.263. The molecular weight excluding hydrogens is 339 g/mol. The van der Waals surface area contributed by atoms with Crippen molar-refractivity contribution in [2.24, 2.45) is 0 Å². The Kier molecular flexibility index (Phi) is 3.70. The minimum absolute atomic E-state index is 0.214. The molecule has 1 aliphatic carbocycles. The first-order valence-electron chi connectivity index (χ1n) is 8.23. The Morgan fingerprint density at radius 3 is 2.56 bits per heavy atom. The lowest BCUT2D eigenvalue weighted by atomic mass is 9.96. The van der Waals surface area contributed by atoms with Crippen LogP contribution in [-0.4, -0.2) is 19.9 Å². The number of aryl methyl sites for hydroxylation is 1. The summed E-state index contributed by atoms with van der Waals surface area (Å²) in [5.74, 6) is -0.286. The molecule has 4 rings (SSSR count). The van der Waals surface area contributed by atoms with E-state index in [1.165, 1.54) is 12.1 Å². The lowest BCUT2D eigenvalue weighted by molar-refractivity contribution is 0.568. The molecule has 1 heterocycles. The predicted octanol–water partition coefficient (Wildman–Crippen LogP) is 3.63. The highest BCUT2D eigenvalue weighted by Crippen LogP contribution is 2.50. The zero-order chi connectivity index (χ0) is 17.7. The topological polar surface area (TPSA) is 62.0 Å². The maximum absolute atomic E-state index is 13.4. The first-order valence-corrected chi connectivity index (χ1v) is 9.71. The van der Waals surface area contributed by atoms with E-state index in [4.69, 9.17) is 0 Å². The summed E-state index contributed by atoms with van der Waals surface area (Å²) >= 11 is 0. The number of nitrogens with one attached hydrogen (secondary N) is 2. The third-order valence-electron chi connectivity index (χ3n) is 5.00. The SMILES string of the molecule is Cc1ccc(S(=O)(=O)NCC2(c3c[nH]c4cc(F)ccc34)CC2)cc1. The van der Waals surface area contributed by atoms with Gasteiger partial charge in [0, 0.05) is 29.1 Å². The van der Waals surface area contributed by atoms with E-state index in [0.717, 1.165) is 34.9 Å². The second kappa shape index (κ2) is 5.68. The molecule has 0 saturated heterocycles. The summed E-state index contributed by atoms with van der Waals surface area (Å²) < 4.78 is 41.2. The van der Waals surface area contributed by atoms with Gasteiger partial charge in [-0.05, 0) is 55.7 Å². The number of fused-ring (bicyclic) bond motifs is 1. The van der Waals surface area contributed by atoms with E-state index in [1.54, 1.807) is 30.3 Å². The molecule has 25 heavy (non-hydrogen) atoms. The van der Waals surface area contributed by atoms with E-state index >= 15 is 0 Å². The van der Waals surface area contributed by atoms with Gasteiger partial charge in [0.1, 0.15) is 5.82 Å². The molecule has 3 aromatic rings. The molecule has 0 aliphatic heterocycles. The van der Waals surface area contributed by atoms with Crippen LogP contribution in [0.15, 0.2) is 53.6 Å². The quantitative estimate of drug-likeness (QED) is 0.732. The highest BCUT2D eigenvalue weighted by atomic mass is 32.2. The maximum Gasteiger partial charge on any atom is 0.240 e. The van der Waals surface area contributed by atoms with Crippen LogP contribution in [0.1, 0.15) is 24.0 Å². The Bertz CT molecular complexity index is 1030. The van der Waals surface area contributed by atoms with Gasteiger partial charge < -0.3 is 4.98 Å². The summed E-state index contributed by atoms with van der Waals surface area (Å²) in [6.45, 7) is 2.26. The Hall–Kier alpha value is -2.18. The number of H-pyrrole nitrogens is 1. The van der Waals surface area contributed by atoms with Gasteiger partial charge in [0.05, 0.1) is 4.90 Å².